The molecule has 0 fully saturated rings. The maximum atomic E-state index is 6.09. The van der Waals surface area contributed by atoms with Crippen molar-refractivity contribution in [3.63, 3.8) is 0 Å². The lowest BCUT2D eigenvalue weighted by Crippen LogP contribution is -1.96. The van der Waals surface area contributed by atoms with Crippen LogP contribution in [0.15, 0.2) is 34.9 Å². The van der Waals surface area contributed by atoms with E-state index in [1.54, 1.807) is 0 Å². The molecule has 0 heterocycles. The van der Waals surface area contributed by atoms with Crippen LogP contribution in [0.25, 0.3) is 0 Å². The first-order valence-electron chi connectivity index (χ1n) is 3.96. The van der Waals surface area contributed by atoms with Crippen LogP contribution in [0.5, 0.6) is 0 Å². The number of hydrogen-bond acceptors (Lipinski definition) is 0. The minimum absolute atomic E-state index is 0.925. The van der Waals surface area contributed by atoms with E-state index in [1.807, 2.05) is 13.0 Å². The molecule has 1 aliphatic rings. The summed E-state index contributed by atoms with van der Waals surface area (Å²) < 4.78 is 0. The summed E-state index contributed by atoms with van der Waals surface area (Å²) in [7, 11) is 0. The van der Waals surface area contributed by atoms with E-state index in [0.29, 0.717) is 0 Å². The highest BCUT2D eigenvalue weighted by molar-refractivity contribution is 6.32. The fourth-order valence-electron chi connectivity index (χ4n) is 1.36. The minimum Gasteiger partial charge on any atom is -0.0987 e. The second-order valence-corrected chi connectivity index (χ2v) is 3.09. The molecule has 0 radical (unpaired) electrons. The normalized spacial score (nSPS) is 22.5. The van der Waals surface area contributed by atoms with Gasteiger partial charge in [0.2, 0.25) is 0 Å². The van der Waals surface area contributed by atoms with Crippen molar-refractivity contribution in [3.8, 4) is 0 Å². The number of allylic oxidation sites excluding steroid dienone is 5. The Morgan fingerprint density at radius 3 is 2.73 bits per heavy atom. The molecule has 0 saturated carbocycles. The molecule has 0 aromatic rings. The van der Waals surface area contributed by atoms with Gasteiger partial charge >= 0.3 is 0 Å². The standard InChI is InChI=1S/C10H13Cl/c1-3-8-6-5-7-9(4-2)10(8)11/h3-4H,1,5-7H2,2H3. The minimum atomic E-state index is 0.925. The fourth-order valence-corrected chi connectivity index (χ4v) is 1.73. The third-order valence-corrected chi connectivity index (χ3v) is 2.54. The quantitative estimate of drug-likeness (QED) is 0.559. The van der Waals surface area contributed by atoms with Crippen LogP contribution in [0.4, 0.5) is 0 Å². The summed E-state index contributed by atoms with van der Waals surface area (Å²) in [4.78, 5) is 0. The van der Waals surface area contributed by atoms with Crippen molar-refractivity contribution < 1.29 is 0 Å². The second-order valence-electron chi connectivity index (χ2n) is 2.71. The van der Waals surface area contributed by atoms with Gasteiger partial charge in [0.25, 0.3) is 0 Å². The van der Waals surface area contributed by atoms with Gasteiger partial charge in [-0.15, -0.1) is 0 Å². The van der Waals surface area contributed by atoms with Gasteiger partial charge in [0.1, 0.15) is 0 Å². The van der Waals surface area contributed by atoms with Gasteiger partial charge in [0.05, 0.1) is 0 Å². The van der Waals surface area contributed by atoms with Crippen molar-refractivity contribution in [1.82, 2.24) is 0 Å². The lowest BCUT2D eigenvalue weighted by molar-refractivity contribution is 0.791. The van der Waals surface area contributed by atoms with Crippen LogP contribution in [0.2, 0.25) is 0 Å². The largest absolute Gasteiger partial charge is 0.0987 e. The van der Waals surface area contributed by atoms with E-state index in [1.165, 1.54) is 17.6 Å². The van der Waals surface area contributed by atoms with Gasteiger partial charge < -0.3 is 0 Å². The monoisotopic (exact) mass is 168 g/mol. The molecule has 0 amide bonds. The molecule has 0 aromatic carbocycles. The van der Waals surface area contributed by atoms with Gasteiger partial charge in [-0.1, -0.05) is 30.3 Å². The van der Waals surface area contributed by atoms with Gasteiger partial charge in [-0.3, -0.25) is 0 Å². The van der Waals surface area contributed by atoms with Crippen LogP contribution in [0, 0.1) is 0 Å². The fraction of sp³-hybridized carbons (Fsp3) is 0.400. The van der Waals surface area contributed by atoms with Crippen molar-refractivity contribution in [3.05, 3.63) is 34.9 Å². The number of halogens is 1. The van der Waals surface area contributed by atoms with Crippen LogP contribution in [0.1, 0.15) is 26.2 Å². The van der Waals surface area contributed by atoms with Crippen LogP contribution in [0.3, 0.4) is 0 Å². The SMILES string of the molecule is C=CC1=C(Cl)C(=CC)CCC1. The van der Waals surface area contributed by atoms with Crippen LogP contribution in [-0.2, 0) is 0 Å². The maximum Gasteiger partial charge on any atom is 0.0466 e. The molecule has 0 aromatic heterocycles. The van der Waals surface area contributed by atoms with Gasteiger partial charge in [0, 0.05) is 5.03 Å². The Hall–Kier alpha value is -0.490. The lowest BCUT2D eigenvalue weighted by atomic mass is 9.95. The Morgan fingerprint density at radius 2 is 2.18 bits per heavy atom. The Morgan fingerprint density at radius 1 is 1.45 bits per heavy atom. The third-order valence-electron chi connectivity index (χ3n) is 2.05. The second kappa shape index (κ2) is 3.77. The van der Waals surface area contributed by atoms with Gasteiger partial charge in [0.15, 0.2) is 0 Å². The Bertz CT molecular complexity index is 221. The van der Waals surface area contributed by atoms with Gasteiger partial charge in [-0.05, 0) is 37.3 Å². The molecule has 0 bridgehead atoms. The molecule has 60 valence electrons. The highest BCUT2D eigenvalue weighted by Crippen LogP contribution is 2.32. The Balaban J connectivity index is 2.97. The first-order chi connectivity index (χ1) is 5.29. The molecule has 0 N–H and O–H groups in total. The molecule has 1 aliphatic carbocycles. The van der Waals surface area contributed by atoms with Crippen molar-refractivity contribution in [2.75, 3.05) is 0 Å². The highest BCUT2D eigenvalue weighted by Gasteiger charge is 2.11. The van der Waals surface area contributed by atoms with Crippen LogP contribution < -0.4 is 0 Å². The summed E-state index contributed by atoms with van der Waals surface area (Å²) in [6.07, 6.45) is 7.36. The van der Waals surface area contributed by atoms with Crippen LogP contribution in [-0.4, -0.2) is 0 Å². The van der Waals surface area contributed by atoms with E-state index in [4.69, 9.17) is 11.6 Å². The van der Waals surface area contributed by atoms with Crippen molar-refractivity contribution in [2.24, 2.45) is 0 Å². The van der Waals surface area contributed by atoms with Gasteiger partial charge in [-0.25, -0.2) is 0 Å². The highest BCUT2D eigenvalue weighted by atomic mass is 35.5. The molecule has 0 nitrogen and oxygen atoms in total. The van der Waals surface area contributed by atoms with E-state index >= 15 is 0 Å². The first-order valence-corrected chi connectivity index (χ1v) is 4.34. The summed E-state index contributed by atoms with van der Waals surface area (Å²) in [5.74, 6) is 0. The molecular formula is C10H13Cl. The molecule has 0 saturated heterocycles. The molecule has 0 atom stereocenters. The zero-order valence-corrected chi connectivity index (χ0v) is 7.62. The maximum absolute atomic E-state index is 6.09. The molecular weight excluding hydrogens is 156 g/mol. The summed E-state index contributed by atoms with van der Waals surface area (Å²) in [6.45, 7) is 5.77. The molecule has 0 spiro atoms. The van der Waals surface area contributed by atoms with E-state index in [-0.39, 0.29) is 0 Å². The van der Waals surface area contributed by atoms with Crippen molar-refractivity contribution >= 4 is 11.6 Å². The molecule has 1 heteroatoms. The smallest absolute Gasteiger partial charge is 0.0466 e. The summed E-state index contributed by atoms with van der Waals surface area (Å²) in [5.41, 5.74) is 2.47. The number of rotatable bonds is 1. The van der Waals surface area contributed by atoms with Crippen molar-refractivity contribution in [1.29, 1.82) is 0 Å². The summed E-state index contributed by atoms with van der Waals surface area (Å²) >= 11 is 6.09. The topological polar surface area (TPSA) is 0 Å². The van der Waals surface area contributed by atoms with Gasteiger partial charge in [-0.2, -0.15) is 0 Å². The lowest BCUT2D eigenvalue weighted by Gasteiger charge is -2.15. The number of hydrogen-bond donors (Lipinski definition) is 0. The Labute approximate surface area is 73.3 Å². The molecule has 0 aliphatic heterocycles. The summed E-state index contributed by atoms with van der Waals surface area (Å²) in [6, 6.07) is 0. The van der Waals surface area contributed by atoms with Crippen molar-refractivity contribution in [2.45, 2.75) is 26.2 Å². The molecule has 0 unspecified atom stereocenters. The van der Waals surface area contributed by atoms with E-state index in [9.17, 15) is 0 Å². The predicted octanol–water partition coefficient (Wildman–Crippen LogP) is 3.80. The zero-order chi connectivity index (χ0) is 8.27. The van der Waals surface area contributed by atoms with E-state index in [0.717, 1.165) is 17.9 Å². The molecule has 1 rings (SSSR count). The third kappa shape index (κ3) is 1.75. The summed E-state index contributed by atoms with van der Waals surface area (Å²) in [5, 5.41) is 0.925. The zero-order valence-electron chi connectivity index (χ0n) is 6.86. The molecule has 11 heavy (non-hydrogen) atoms. The first kappa shape index (κ1) is 8.61. The van der Waals surface area contributed by atoms with Crippen LogP contribution >= 0.6 is 11.6 Å². The average molecular weight is 169 g/mol. The average Bonchev–Trinajstić information content (AvgIpc) is 2.05. The van der Waals surface area contributed by atoms with E-state index < -0.39 is 0 Å². The Kier molecular flexibility index (Phi) is 2.95. The van der Waals surface area contributed by atoms with E-state index in [2.05, 4.69) is 12.7 Å². The predicted molar refractivity (Wildman–Crippen MR) is 50.7 cm³/mol.